The summed E-state index contributed by atoms with van der Waals surface area (Å²) in [6, 6.07) is 13.5. The van der Waals surface area contributed by atoms with Crippen LogP contribution >= 0.6 is 0 Å². The summed E-state index contributed by atoms with van der Waals surface area (Å²) in [5.74, 6) is 0.614. The van der Waals surface area contributed by atoms with Crippen LogP contribution in [0.15, 0.2) is 54.2 Å². The monoisotopic (exact) mass is 526 g/mol. The minimum Gasteiger partial charge on any atom is -0.487 e. The molecule has 0 aromatic heterocycles. The molecule has 3 aliphatic carbocycles. The number of carbonyl (C=O) groups excluding carboxylic acids is 2. The fraction of sp³-hybridized carbons (Fsp3) is 0.455. The van der Waals surface area contributed by atoms with Gasteiger partial charge < -0.3 is 20.1 Å². The third-order valence-electron chi connectivity index (χ3n) is 8.61. The van der Waals surface area contributed by atoms with Crippen LogP contribution in [-0.4, -0.2) is 28.9 Å². The number of nitrogens with zero attached hydrogens (tertiary/aromatic N) is 1. The molecule has 1 aliphatic heterocycles. The van der Waals surface area contributed by atoms with E-state index in [2.05, 4.69) is 12.1 Å². The number of nitrogens with two attached hydrogens (primary N) is 1. The molecular weight excluding hydrogens is 488 g/mol. The lowest BCUT2D eigenvalue weighted by atomic mass is 9.94. The van der Waals surface area contributed by atoms with Crippen molar-refractivity contribution in [3.05, 3.63) is 70.2 Å². The molecule has 204 valence electrons. The van der Waals surface area contributed by atoms with E-state index in [0.717, 1.165) is 53.0 Å². The number of amides is 2. The first kappa shape index (κ1) is 25.7. The number of ether oxygens (including phenoxy) is 2. The molecule has 0 saturated heterocycles. The van der Waals surface area contributed by atoms with Crippen molar-refractivity contribution in [3.63, 3.8) is 0 Å². The Balaban J connectivity index is 1.33. The lowest BCUT2D eigenvalue weighted by molar-refractivity contribution is -0.131. The van der Waals surface area contributed by atoms with Crippen molar-refractivity contribution in [2.45, 2.75) is 88.9 Å². The second kappa shape index (κ2) is 11.3. The Labute approximate surface area is 230 Å². The molecule has 2 amide bonds. The molecule has 6 heteroatoms. The minimum absolute atomic E-state index is 0.0287. The third-order valence-corrected chi connectivity index (χ3v) is 8.61. The van der Waals surface area contributed by atoms with Gasteiger partial charge in [0.15, 0.2) is 11.5 Å². The second-order valence-corrected chi connectivity index (χ2v) is 11.4. The van der Waals surface area contributed by atoms with Crippen LogP contribution in [0.3, 0.4) is 0 Å². The maximum Gasteiger partial charge on any atom is 0.238 e. The van der Waals surface area contributed by atoms with E-state index in [4.69, 9.17) is 15.2 Å². The normalized spacial score (nSPS) is 22.2. The van der Waals surface area contributed by atoms with Gasteiger partial charge in [-0.2, -0.15) is 0 Å². The van der Waals surface area contributed by atoms with Crippen molar-refractivity contribution in [2.75, 3.05) is 0 Å². The minimum atomic E-state index is -0.518. The summed E-state index contributed by atoms with van der Waals surface area (Å²) in [6.07, 6.45) is 17.7. The number of benzene rings is 2. The lowest BCUT2D eigenvalue weighted by Gasteiger charge is -2.30. The van der Waals surface area contributed by atoms with Gasteiger partial charge in [0.1, 0.15) is 0 Å². The van der Waals surface area contributed by atoms with E-state index in [0.29, 0.717) is 5.75 Å². The molecule has 6 nitrogen and oxygen atoms in total. The molecule has 2 atom stereocenters. The first-order valence-electron chi connectivity index (χ1n) is 14.6. The van der Waals surface area contributed by atoms with Gasteiger partial charge >= 0.3 is 0 Å². The molecule has 4 aliphatic rings. The van der Waals surface area contributed by atoms with E-state index >= 15 is 0 Å². The van der Waals surface area contributed by atoms with Crippen molar-refractivity contribution in [1.29, 1.82) is 0 Å². The van der Waals surface area contributed by atoms with Crippen LogP contribution in [0.25, 0.3) is 12.2 Å². The molecule has 0 radical (unpaired) electrons. The zero-order chi connectivity index (χ0) is 26.8. The first-order valence-corrected chi connectivity index (χ1v) is 14.6. The summed E-state index contributed by atoms with van der Waals surface area (Å²) >= 11 is 0. The Kier molecular flexibility index (Phi) is 7.45. The Hall–Kier alpha value is -3.54. The molecule has 6 rings (SSSR count). The van der Waals surface area contributed by atoms with Gasteiger partial charge in [-0.15, -0.1) is 0 Å². The number of fused-ring (bicyclic) bond motifs is 2. The molecule has 2 fully saturated rings. The third kappa shape index (κ3) is 5.61. The predicted molar refractivity (Wildman–Crippen MR) is 151 cm³/mol. The van der Waals surface area contributed by atoms with Gasteiger partial charge in [-0.1, -0.05) is 49.2 Å². The van der Waals surface area contributed by atoms with Gasteiger partial charge in [0, 0.05) is 6.20 Å². The van der Waals surface area contributed by atoms with Crippen LogP contribution in [0.1, 0.15) is 82.2 Å². The van der Waals surface area contributed by atoms with Gasteiger partial charge in [-0.25, -0.2) is 0 Å². The summed E-state index contributed by atoms with van der Waals surface area (Å²) in [7, 11) is 0. The number of primary amides is 1. The maximum atomic E-state index is 13.7. The van der Waals surface area contributed by atoms with Crippen LogP contribution in [0, 0.1) is 5.92 Å². The first-order chi connectivity index (χ1) is 19.0. The zero-order valence-electron chi connectivity index (χ0n) is 22.5. The maximum absolute atomic E-state index is 13.7. The van der Waals surface area contributed by atoms with Crippen LogP contribution in [-0.2, 0) is 9.59 Å². The van der Waals surface area contributed by atoms with Crippen LogP contribution in [0.5, 0.6) is 11.5 Å². The highest BCUT2D eigenvalue weighted by atomic mass is 16.5. The SMILES string of the molecule is NC(=O)CC(c1ccc(OC2CCCCC2)c(OC2CCCCC2)c1)N1C=C2C=c3ccccc3=CC2C1=O. The second-order valence-electron chi connectivity index (χ2n) is 11.4. The van der Waals surface area contributed by atoms with E-state index in [9.17, 15) is 9.59 Å². The summed E-state index contributed by atoms with van der Waals surface area (Å²) < 4.78 is 13.1. The van der Waals surface area contributed by atoms with E-state index < -0.39 is 11.9 Å². The highest BCUT2D eigenvalue weighted by Gasteiger charge is 2.37. The number of hydrogen-bond donors (Lipinski definition) is 1. The summed E-state index contributed by atoms with van der Waals surface area (Å²) in [5, 5.41) is 2.14. The predicted octanol–water partition coefficient (Wildman–Crippen LogP) is 4.64. The van der Waals surface area contributed by atoms with Crippen molar-refractivity contribution in [3.8, 4) is 11.5 Å². The zero-order valence-corrected chi connectivity index (χ0v) is 22.5. The van der Waals surface area contributed by atoms with Crippen molar-refractivity contribution >= 4 is 24.0 Å². The molecule has 39 heavy (non-hydrogen) atoms. The van der Waals surface area contributed by atoms with Gasteiger partial charge in [0.2, 0.25) is 11.8 Å². The van der Waals surface area contributed by atoms with Crippen LogP contribution in [0.4, 0.5) is 0 Å². The molecule has 0 bridgehead atoms. The smallest absolute Gasteiger partial charge is 0.238 e. The number of rotatable bonds is 8. The van der Waals surface area contributed by atoms with Crippen molar-refractivity contribution in [1.82, 2.24) is 4.90 Å². The average Bonchev–Trinajstić information content (AvgIpc) is 3.27. The fourth-order valence-electron chi connectivity index (χ4n) is 6.51. The molecular formula is C33H38N2O4. The lowest BCUT2D eigenvalue weighted by Crippen LogP contribution is -2.35. The molecule has 2 saturated carbocycles. The van der Waals surface area contributed by atoms with Crippen LogP contribution in [0.2, 0.25) is 0 Å². The van der Waals surface area contributed by atoms with Crippen molar-refractivity contribution in [2.24, 2.45) is 11.7 Å². The Bertz CT molecular complexity index is 1380. The molecule has 2 N–H and O–H groups in total. The van der Waals surface area contributed by atoms with Gasteiger partial charge in [0.25, 0.3) is 0 Å². The highest BCUT2D eigenvalue weighted by Crippen LogP contribution is 2.40. The van der Waals surface area contributed by atoms with E-state index in [1.54, 1.807) is 4.90 Å². The summed E-state index contributed by atoms with van der Waals surface area (Å²) in [5.41, 5.74) is 7.50. The standard InChI is InChI=1S/C33H38N2O4/c34-32(36)20-29(35-21-25-17-22-9-7-8-10-23(22)18-28(25)33(35)37)24-15-16-30(38-26-11-3-1-4-12-26)31(19-24)39-27-13-5-2-6-14-27/h7-10,15-19,21,26-29H,1-6,11-14,20H2,(H2,34,36). The quantitative estimate of drug-likeness (QED) is 0.543. The molecule has 2 aromatic carbocycles. The largest absolute Gasteiger partial charge is 0.487 e. The Morgan fingerprint density at radius 2 is 1.51 bits per heavy atom. The van der Waals surface area contributed by atoms with Gasteiger partial charge in [-0.3, -0.25) is 9.59 Å². The van der Waals surface area contributed by atoms with Gasteiger partial charge in [0.05, 0.1) is 30.6 Å². The topological polar surface area (TPSA) is 81.9 Å². The number of hydrogen-bond acceptors (Lipinski definition) is 4. The van der Waals surface area contributed by atoms with E-state index in [-0.39, 0.29) is 30.5 Å². The van der Waals surface area contributed by atoms with Crippen molar-refractivity contribution < 1.29 is 19.1 Å². The summed E-state index contributed by atoms with van der Waals surface area (Å²) in [4.78, 5) is 27.7. The molecule has 1 heterocycles. The highest BCUT2D eigenvalue weighted by molar-refractivity contribution is 5.95. The Morgan fingerprint density at radius 1 is 0.872 bits per heavy atom. The average molecular weight is 527 g/mol. The van der Waals surface area contributed by atoms with Crippen LogP contribution < -0.4 is 25.6 Å². The molecule has 2 unspecified atom stereocenters. The Morgan fingerprint density at radius 3 is 2.18 bits per heavy atom. The molecule has 2 aromatic rings. The number of carbonyl (C=O) groups is 2. The molecule has 0 spiro atoms. The fourth-order valence-corrected chi connectivity index (χ4v) is 6.51. The summed E-state index contributed by atoms with van der Waals surface area (Å²) in [6.45, 7) is 0. The van der Waals surface area contributed by atoms with E-state index in [1.807, 2.05) is 48.7 Å². The van der Waals surface area contributed by atoms with E-state index in [1.165, 1.54) is 38.5 Å². The van der Waals surface area contributed by atoms with Gasteiger partial charge in [-0.05, 0) is 91.1 Å².